The molecule has 526 valence electrons. The maximum absolute atomic E-state index is 16.3. The molecule has 0 spiro atoms. The highest BCUT2D eigenvalue weighted by Gasteiger charge is 2.49. The summed E-state index contributed by atoms with van der Waals surface area (Å²) in [6.07, 6.45) is 9.97. The van der Waals surface area contributed by atoms with E-state index in [0.29, 0.717) is 28.3 Å². The van der Waals surface area contributed by atoms with E-state index in [4.69, 9.17) is 9.47 Å². The minimum atomic E-state index is -0.842. The Kier molecular flexibility index (Phi) is 18.6. The highest BCUT2D eigenvalue weighted by molar-refractivity contribution is 5.95. The van der Waals surface area contributed by atoms with Gasteiger partial charge in [0.05, 0.1) is 10.8 Å². The van der Waals surface area contributed by atoms with Crippen molar-refractivity contribution in [2.45, 2.75) is 84.0 Å². The van der Waals surface area contributed by atoms with Crippen LogP contribution < -0.4 is 19.3 Å². The lowest BCUT2D eigenvalue weighted by Gasteiger charge is -2.36. The van der Waals surface area contributed by atoms with Crippen LogP contribution in [0, 0.1) is 25.5 Å². The molecule has 6 heteroatoms. The molecule has 0 saturated heterocycles. The van der Waals surface area contributed by atoms with Crippen molar-refractivity contribution in [3.63, 3.8) is 0 Å². The van der Waals surface area contributed by atoms with Crippen LogP contribution in [-0.2, 0) is 21.7 Å². The Labute approximate surface area is 629 Å². The summed E-state index contributed by atoms with van der Waals surface area (Å²) in [6.45, 7) is 31.5. The number of aryl methyl sites for hydroxylation is 2. The molecule has 2 aliphatic carbocycles. The van der Waals surface area contributed by atoms with E-state index in [-0.39, 0.29) is 22.5 Å². The van der Waals surface area contributed by atoms with Crippen LogP contribution in [0.1, 0.15) is 126 Å². The molecule has 0 aliphatic heterocycles. The highest BCUT2D eigenvalue weighted by Crippen LogP contribution is 2.60. The maximum Gasteiger partial charge on any atom is 0.128 e. The lowest BCUT2D eigenvalue weighted by Crippen LogP contribution is -2.30. The van der Waals surface area contributed by atoms with Crippen LogP contribution in [0.5, 0.6) is 23.0 Å². The average molecular weight is 1400 g/mol. The first-order chi connectivity index (χ1) is 51.7. The van der Waals surface area contributed by atoms with Crippen molar-refractivity contribution in [2.75, 3.05) is 9.80 Å². The standard InChI is InChI=1S/C101H86F2N2O2/c1-13-19-92-88(16-4)90-60-50-80(62-94(90)100(92,74-36-32-72(33-37-74)98(7,8)9)76-40-56-86(57-41-76)106-84-52-24-68(14-2)25-53-84)104(82-44-22-66(5)96(102)64-82)78-46-28-70(29-47-78)71-30-48-79(49-31-71)105(83-45-23-67(6)97(103)65-83)81-51-61-91-89-20-17-18-21-93(89)101(95(91)63-81,75-38-34-73(35-39-75)99(10,11)12)77-42-58-87(59-43-77)107-85-54-26-69(15-3)27-55-85/h13-65H,2-4H2,1,5-12H3/b19-13-. The van der Waals surface area contributed by atoms with E-state index in [1.165, 1.54) is 16.7 Å². The second-order valence-corrected chi connectivity index (χ2v) is 30.1. The first-order valence-electron chi connectivity index (χ1n) is 36.7. The molecule has 15 rings (SSSR count). The topological polar surface area (TPSA) is 24.9 Å². The number of halogens is 2. The Balaban J connectivity index is 0.823. The number of fused-ring (bicyclic) bond motifs is 4. The van der Waals surface area contributed by atoms with E-state index >= 15 is 8.78 Å². The maximum atomic E-state index is 16.3. The lowest BCUT2D eigenvalue weighted by atomic mass is 9.66. The predicted molar refractivity (Wildman–Crippen MR) is 443 cm³/mol. The van der Waals surface area contributed by atoms with Crippen molar-refractivity contribution in [3.8, 4) is 45.3 Å². The molecule has 2 atom stereocenters. The average Bonchev–Trinajstić information content (AvgIpc) is 1.56. The Hall–Kier alpha value is -12.4. The summed E-state index contributed by atoms with van der Waals surface area (Å²) < 4.78 is 45.5. The number of hydrogen-bond acceptors (Lipinski definition) is 4. The summed E-state index contributed by atoms with van der Waals surface area (Å²) in [5.41, 5.74) is 23.7. The van der Waals surface area contributed by atoms with Crippen LogP contribution in [0.15, 0.2) is 335 Å². The minimum Gasteiger partial charge on any atom is -0.457 e. The molecule has 107 heavy (non-hydrogen) atoms. The Morgan fingerprint density at radius 2 is 0.692 bits per heavy atom. The molecule has 0 radical (unpaired) electrons. The Morgan fingerprint density at radius 3 is 1.08 bits per heavy atom. The minimum absolute atomic E-state index is 0.0695. The first kappa shape index (κ1) is 70.3. The van der Waals surface area contributed by atoms with Crippen LogP contribution >= 0.6 is 0 Å². The van der Waals surface area contributed by atoms with Gasteiger partial charge in [-0.25, -0.2) is 8.78 Å². The van der Waals surface area contributed by atoms with Crippen LogP contribution in [0.25, 0.3) is 40.0 Å². The number of rotatable bonds is 19. The van der Waals surface area contributed by atoms with E-state index in [2.05, 4.69) is 296 Å². The molecule has 0 N–H and O–H groups in total. The van der Waals surface area contributed by atoms with Gasteiger partial charge in [-0.05, 0) is 264 Å². The van der Waals surface area contributed by atoms with Crippen molar-refractivity contribution < 1.29 is 18.3 Å². The number of benzene rings is 13. The summed E-state index contributed by atoms with van der Waals surface area (Å²) in [6, 6.07) is 101. The quantitative estimate of drug-likeness (QED) is 0.0806. The van der Waals surface area contributed by atoms with Crippen molar-refractivity contribution in [1.82, 2.24) is 0 Å². The second-order valence-electron chi connectivity index (χ2n) is 30.1. The molecule has 0 aromatic heterocycles. The number of nitrogens with zero attached hydrogens (tertiary/aromatic N) is 2. The van der Waals surface area contributed by atoms with E-state index in [9.17, 15) is 0 Å². The molecule has 0 fully saturated rings. The Bertz CT molecular complexity index is 5600. The van der Waals surface area contributed by atoms with Crippen molar-refractivity contribution >= 4 is 51.8 Å². The van der Waals surface area contributed by atoms with Gasteiger partial charge in [-0.1, -0.05) is 262 Å². The third kappa shape index (κ3) is 12.8. The van der Waals surface area contributed by atoms with Gasteiger partial charge in [-0.2, -0.15) is 0 Å². The van der Waals surface area contributed by atoms with E-state index in [1.807, 2.05) is 91.0 Å². The number of hydrogen-bond donors (Lipinski definition) is 0. The van der Waals surface area contributed by atoms with E-state index < -0.39 is 10.8 Å². The second kappa shape index (κ2) is 28.2. The fraction of sp³-hybridized carbons (Fsp3) is 0.129. The zero-order valence-electron chi connectivity index (χ0n) is 62.2. The van der Waals surface area contributed by atoms with Gasteiger partial charge >= 0.3 is 0 Å². The first-order valence-corrected chi connectivity index (χ1v) is 36.7. The molecule has 0 bridgehead atoms. The smallest absolute Gasteiger partial charge is 0.128 e. The zero-order valence-corrected chi connectivity index (χ0v) is 62.2. The molecular weight excluding hydrogens is 1310 g/mol. The molecule has 2 unspecified atom stereocenters. The third-order valence-electron chi connectivity index (χ3n) is 21.5. The molecule has 13 aromatic rings. The molecule has 0 amide bonds. The van der Waals surface area contributed by atoms with Gasteiger partial charge in [-0.3, -0.25) is 0 Å². The molecule has 0 heterocycles. The molecule has 2 aliphatic rings. The normalized spacial score (nSPS) is 15.2. The fourth-order valence-corrected chi connectivity index (χ4v) is 15.8. The summed E-state index contributed by atoms with van der Waals surface area (Å²) in [7, 11) is 0. The summed E-state index contributed by atoms with van der Waals surface area (Å²) >= 11 is 0. The van der Waals surface area contributed by atoms with Crippen LogP contribution in [-0.4, -0.2) is 0 Å². The summed E-state index contributed by atoms with van der Waals surface area (Å²) in [4.78, 5) is 4.31. The van der Waals surface area contributed by atoms with Gasteiger partial charge in [0, 0.05) is 34.1 Å². The van der Waals surface area contributed by atoms with Gasteiger partial charge in [0.1, 0.15) is 34.6 Å². The lowest BCUT2D eigenvalue weighted by molar-refractivity contribution is 0.482. The molecular formula is C101H86F2N2O2. The molecule has 0 saturated carbocycles. The third-order valence-corrected chi connectivity index (χ3v) is 21.5. The number of anilines is 6. The monoisotopic (exact) mass is 1400 g/mol. The summed E-state index contributed by atoms with van der Waals surface area (Å²) in [5, 5.41) is 0. The van der Waals surface area contributed by atoms with Crippen LogP contribution in [0.3, 0.4) is 0 Å². The SMILES string of the molecule is C=CC1=C(/C=C\C)C(c2ccc(Oc3ccc(C=C)cc3)cc2)(c2ccc(C(C)(C)C)cc2)c2cc(N(c3ccc(-c4ccc(N(c5ccc(C)c(F)c5)c5ccc6c(c5)C(c5ccc(Oc7ccc(C=C)cc7)cc5)(c5ccc(C(C)(C)C)cc5)c5ccccc5-6)cc4)cc3)c3ccc(C)c(F)c3)ccc21. The Morgan fingerprint density at radius 1 is 0.346 bits per heavy atom. The predicted octanol–water partition coefficient (Wildman–Crippen LogP) is 27.9. The van der Waals surface area contributed by atoms with Gasteiger partial charge < -0.3 is 19.3 Å². The van der Waals surface area contributed by atoms with Gasteiger partial charge in [0.2, 0.25) is 0 Å². The largest absolute Gasteiger partial charge is 0.457 e. The van der Waals surface area contributed by atoms with Crippen LogP contribution in [0.4, 0.5) is 42.9 Å². The molecule has 13 aromatic carbocycles. The molecule has 4 nitrogen and oxygen atoms in total. The highest BCUT2D eigenvalue weighted by atomic mass is 19.1. The van der Waals surface area contributed by atoms with Crippen molar-refractivity contribution in [2.24, 2.45) is 0 Å². The fourth-order valence-electron chi connectivity index (χ4n) is 15.8. The van der Waals surface area contributed by atoms with E-state index in [0.717, 1.165) is 123 Å². The van der Waals surface area contributed by atoms with Crippen LogP contribution in [0.2, 0.25) is 0 Å². The van der Waals surface area contributed by atoms with Gasteiger partial charge in [-0.15, -0.1) is 0 Å². The van der Waals surface area contributed by atoms with Crippen molar-refractivity contribution in [3.05, 3.63) is 424 Å². The van der Waals surface area contributed by atoms with Gasteiger partial charge in [0.25, 0.3) is 0 Å². The van der Waals surface area contributed by atoms with Gasteiger partial charge in [0.15, 0.2) is 0 Å². The number of allylic oxidation sites excluding steroid dienone is 5. The summed E-state index contributed by atoms with van der Waals surface area (Å²) in [5.74, 6) is 2.30. The zero-order chi connectivity index (χ0) is 74.5. The van der Waals surface area contributed by atoms with Crippen molar-refractivity contribution in [1.29, 1.82) is 0 Å². The van der Waals surface area contributed by atoms with E-state index in [1.54, 1.807) is 26.0 Å². The number of ether oxygens (including phenoxy) is 2.